The van der Waals surface area contributed by atoms with Crippen molar-refractivity contribution in [2.24, 2.45) is 0 Å². The van der Waals surface area contributed by atoms with E-state index in [-0.39, 0.29) is 5.91 Å². The van der Waals surface area contributed by atoms with Crippen LogP contribution in [-0.4, -0.2) is 26.1 Å². The minimum Gasteiger partial charge on any atom is -0.323 e. The summed E-state index contributed by atoms with van der Waals surface area (Å²) >= 11 is 1.58. The van der Waals surface area contributed by atoms with Gasteiger partial charge in [0.05, 0.1) is 5.69 Å². The molecule has 7 heteroatoms. The number of benzene rings is 1. The van der Waals surface area contributed by atoms with Crippen LogP contribution in [0.4, 0.5) is 5.69 Å². The predicted molar refractivity (Wildman–Crippen MR) is 81.1 cm³/mol. The second-order valence-corrected chi connectivity index (χ2v) is 5.12. The molecule has 0 saturated carbocycles. The highest BCUT2D eigenvalue weighted by molar-refractivity contribution is 7.10. The van der Waals surface area contributed by atoms with E-state index in [4.69, 9.17) is 0 Å². The number of hydrogen-bond donors (Lipinski definition) is 1. The standard InChI is InChI=1S/C14H11N5OS/c20-14(8-7-13-2-1-9-21-13)16-11-3-5-12(6-4-11)19-10-15-17-18-19/h1-10H,(H,16,20)/b8-7+. The molecule has 104 valence electrons. The molecule has 1 amide bonds. The highest BCUT2D eigenvalue weighted by atomic mass is 32.1. The van der Waals surface area contributed by atoms with Gasteiger partial charge < -0.3 is 5.32 Å². The molecule has 0 aliphatic rings. The molecule has 0 radical (unpaired) electrons. The summed E-state index contributed by atoms with van der Waals surface area (Å²) in [7, 11) is 0. The largest absolute Gasteiger partial charge is 0.323 e. The van der Waals surface area contributed by atoms with Crippen LogP contribution >= 0.6 is 11.3 Å². The Balaban J connectivity index is 1.64. The number of aromatic nitrogens is 4. The van der Waals surface area contributed by atoms with E-state index in [1.54, 1.807) is 34.2 Å². The second kappa shape index (κ2) is 6.10. The third-order valence-electron chi connectivity index (χ3n) is 2.69. The summed E-state index contributed by atoms with van der Waals surface area (Å²) in [5.74, 6) is -0.168. The van der Waals surface area contributed by atoms with Gasteiger partial charge in [0.15, 0.2) is 0 Å². The predicted octanol–water partition coefficient (Wildman–Crippen LogP) is 2.38. The average Bonchev–Trinajstić information content (AvgIpc) is 3.19. The highest BCUT2D eigenvalue weighted by Gasteiger charge is 2.00. The molecule has 0 atom stereocenters. The number of tetrazole rings is 1. The number of hydrogen-bond acceptors (Lipinski definition) is 5. The zero-order valence-corrected chi connectivity index (χ0v) is 11.7. The van der Waals surface area contributed by atoms with Crippen molar-refractivity contribution in [3.8, 4) is 5.69 Å². The van der Waals surface area contributed by atoms with Crippen LogP contribution in [0, 0.1) is 0 Å². The number of carbonyl (C=O) groups excluding carboxylic acids is 1. The Morgan fingerprint density at radius 1 is 1.24 bits per heavy atom. The Kier molecular flexibility index (Phi) is 3.83. The summed E-state index contributed by atoms with van der Waals surface area (Å²) in [5, 5.41) is 15.7. The first-order valence-corrected chi connectivity index (χ1v) is 7.05. The van der Waals surface area contributed by atoms with E-state index < -0.39 is 0 Å². The van der Waals surface area contributed by atoms with Gasteiger partial charge >= 0.3 is 0 Å². The molecule has 0 aliphatic heterocycles. The molecule has 0 aliphatic carbocycles. The van der Waals surface area contributed by atoms with Crippen LogP contribution < -0.4 is 5.32 Å². The summed E-state index contributed by atoms with van der Waals surface area (Å²) in [6, 6.07) is 11.2. The Morgan fingerprint density at radius 2 is 2.10 bits per heavy atom. The van der Waals surface area contributed by atoms with E-state index in [1.807, 2.05) is 29.6 Å². The Morgan fingerprint density at radius 3 is 2.76 bits per heavy atom. The number of nitrogens with one attached hydrogen (secondary N) is 1. The first-order chi connectivity index (χ1) is 10.3. The topological polar surface area (TPSA) is 72.7 Å². The lowest BCUT2D eigenvalue weighted by molar-refractivity contribution is -0.111. The third kappa shape index (κ3) is 3.40. The molecule has 6 nitrogen and oxygen atoms in total. The maximum absolute atomic E-state index is 11.8. The number of rotatable bonds is 4. The van der Waals surface area contributed by atoms with E-state index in [0.29, 0.717) is 5.69 Å². The SMILES string of the molecule is O=C(/C=C/c1cccs1)Nc1ccc(-n2cnnn2)cc1. The monoisotopic (exact) mass is 297 g/mol. The number of nitrogens with zero attached hydrogens (tertiary/aromatic N) is 4. The molecule has 1 aromatic carbocycles. The number of amides is 1. The van der Waals surface area contributed by atoms with E-state index >= 15 is 0 Å². The lowest BCUT2D eigenvalue weighted by Gasteiger charge is -2.03. The van der Waals surface area contributed by atoms with E-state index in [1.165, 1.54) is 12.4 Å². The van der Waals surface area contributed by atoms with E-state index in [9.17, 15) is 4.79 Å². The van der Waals surface area contributed by atoms with E-state index in [2.05, 4.69) is 20.8 Å². The molecular formula is C14H11N5OS. The minimum absolute atomic E-state index is 0.168. The fourth-order valence-corrected chi connectivity index (χ4v) is 2.32. The minimum atomic E-state index is -0.168. The first kappa shape index (κ1) is 13.2. The number of anilines is 1. The molecule has 2 aromatic heterocycles. The summed E-state index contributed by atoms with van der Waals surface area (Å²) in [5.41, 5.74) is 1.54. The van der Waals surface area contributed by atoms with Crippen molar-refractivity contribution in [3.05, 3.63) is 59.1 Å². The molecule has 0 fully saturated rings. The van der Waals surface area contributed by atoms with Crippen molar-refractivity contribution in [3.63, 3.8) is 0 Å². The lowest BCUT2D eigenvalue weighted by atomic mass is 10.3. The van der Waals surface area contributed by atoms with Crippen LogP contribution in [-0.2, 0) is 4.79 Å². The fourth-order valence-electron chi connectivity index (χ4n) is 1.70. The van der Waals surface area contributed by atoms with Gasteiger partial charge in [-0.25, -0.2) is 4.68 Å². The quantitative estimate of drug-likeness (QED) is 0.750. The van der Waals surface area contributed by atoms with Gasteiger partial charge in [-0.3, -0.25) is 4.79 Å². The Hall–Kier alpha value is -2.80. The van der Waals surface area contributed by atoms with Crippen LogP contribution in [0.5, 0.6) is 0 Å². The summed E-state index contributed by atoms with van der Waals surface area (Å²) in [6.07, 6.45) is 4.81. The summed E-state index contributed by atoms with van der Waals surface area (Å²) in [6.45, 7) is 0. The lowest BCUT2D eigenvalue weighted by Crippen LogP contribution is -2.07. The van der Waals surface area contributed by atoms with Crippen molar-refractivity contribution < 1.29 is 4.79 Å². The molecule has 2 heterocycles. The molecule has 1 N–H and O–H groups in total. The Bertz CT molecular complexity index is 732. The summed E-state index contributed by atoms with van der Waals surface area (Å²) in [4.78, 5) is 12.8. The van der Waals surface area contributed by atoms with Gasteiger partial charge in [0.1, 0.15) is 6.33 Å². The van der Waals surface area contributed by atoms with Crippen molar-refractivity contribution >= 4 is 29.0 Å². The van der Waals surface area contributed by atoms with Gasteiger partial charge in [0, 0.05) is 16.6 Å². The van der Waals surface area contributed by atoms with Crippen LogP contribution in [0.3, 0.4) is 0 Å². The van der Waals surface area contributed by atoms with Gasteiger partial charge in [0.25, 0.3) is 0 Å². The van der Waals surface area contributed by atoms with Crippen molar-refractivity contribution in [2.75, 3.05) is 5.32 Å². The van der Waals surface area contributed by atoms with Crippen molar-refractivity contribution in [2.45, 2.75) is 0 Å². The molecule has 3 rings (SSSR count). The van der Waals surface area contributed by atoms with Gasteiger partial charge in [-0.15, -0.1) is 16.4 Å². The van der Waals surface area contributed by atoms with Gasteiger partial charge in [-0.1, -0.05) is 6.07 Å². The van der Waals surface area contributed by atoms with Crippen LogP contribution in [0.2, 0.25) is 0 Å². The number of thiophene rings is 1. The highest BCUT2D eigenvalue weighted by Crippen LogP contribution is 2.13. The molecule has 0 bridgehead atoms. The third-order valence-corrected chi connectivity index (χ3v) is 3.53. The van der Waals surface area contributed by atoms with Crippen LogP contribution in [0.25, 0.3) is 11.8 Å². The molecule has 0 spiro atoms. The first-order valence-electron chi connectivity index (χ1n) is 6.17. The molecular weight excluding hydrogens is 286 g/mol. The zero-order chi connectivity index (χ0) is 14.5. The van der Waals surface area contributed by atoms with Gasteiger partial charge in [0.2, 0.25) is 5.91 Å². The van der Waals surface area contributed by atoms with Crippen LogP contribution in [0.15, 0.2) is 54.2 Å². The number of carbonyl (C=O) groups is 1. The van der Waals surface area contributed by atoms with E-state index in [0.717, 1.165) is 10.6 Å². The average molecular weight is 297 g/mol. The maximum Gasteiger partial charge on any atom is 0.248 e. The smallest absolute Gasteiger partial charge is 0.248 e. The molecule has 0 unspecified atom stereocenters. The maximum atomic E-state index is 11.8. The second-order valence-electron chi connectivity index (χ2n) is 4.14. The normalized spacial score (nSPS) is 10.9. The van der Waals surface area contributed by atoms with Gasteiger partial charge in [-0.05, 0) is 52.2 Å². The molecule has 0 saturated heterocycles. The molecule has 21 heavy (non-hydrogen) atoms. The fraction of sp³-hybridized carbons (Fsp3) is 0. The summed E-state index contributed by atoms with van der Waals surface area (Å²) < 4.78 is 1.54. The van der Waals surface area contributed by atoms with Crippen LogP contribution in [0.1, 0.15) is 4.88 Å². The van der Waals surface area contributed by atoms with Crippen molar-refractivity contribution in [1.29, 1.82) is 0 Å². The van der Waals surface area contributed by atoms with Gasteiger partial charge in [-0.2, -0.15) is 0 Å². The van der Waals surface area contributed by atoms with Crippen molar-refractivity contribution in [1.82, 2.24) is 20.2 Å². The zero-order valence-electron chi connectivity index (χ0n) is 10.9. The molecule has 3 aromatic rings. The Labute approximate surface area is 124 Å².